The lowest BCUT2D eigenvalue weighted by molar-refractivity contribution is 0.418. The number of hydrogen-bond donors (Lipinski definition) is 1. The molecule has 1 heterocycles. The second-order valence-electron chi connectivity index (χ2n) is 5.31. The van der Waals surface area contributed by atoms with Crippen LogP contribution in [-0.4, -0.2) is 30.1 Å². The first-order chi connectivity index (χ1) is 7.83. The van der Waals surface area contributed by atoms with Crippen LogP contribution in [0.3, 0.4) is 0 Å². The highest BCUT2D eigenvalue weighted by molar-refractivity contribution is 6.32. The predicted octanol–water partition coefficient (Wildman–Crippen LogP) is 3.04. The van der Waals surface area contributed by atoms with E-state index in [1.165, 1.54) is 0 Å². The van der Waals surface area contributed by atoms with Crippen molar-refractivity contribution in [3.63, 3.8) is 0 Å². The van der Waals surface area contributed by atoms with E-state index in [0.717, 1.165) is 18.9 Å². The smallest absolute Gasteiger partial charge is 0.224 e. The van der Waals surface area contributed by atoms with Gasteiger partial charge in [-0.1, -0.05) is 32.4 Å². The third-order valence-electron chi connectivity index (χ3n) is 2.13. The van der Waals surface area contributed by atoms with Gasteiger partial charge in [-0.2, -0.15) is 4.98 Å². The average Bonchev–Trinajstić information content (AvgIpc) is 2.18. The molecule has 0 aliphatic carbocycles. The Bertz CT molecular complexity index is 373. The number of nitrogens with zero attached hydrogens (tertiary/aromatic N) is 3. The van der Waals surface area contributed by atoms with Crippen molar-refractivity contribution in [2.75, 3.05) is 30.4 Å². The molecule has 96 valence electrons. The molecule has 0 fully saturated rings. The molecule has 0 spiro atoms. The molecule has 1 aromatic heterocycles. The van der Waals surface area contributed by atoms with E-state index in [1.807, 2.05) is 14.0 Å². The van der Waals surface area contributed by atoms with Crippen LogP contribution in [0.25, 0.3) is 0 Å². The van der Waals surface area contributed by atoms with Gasteiger partial charge in [0.05, 0.1) is 6.20 Å². The first-order valence-electron chi connectivity index (χ1n) is 5.81. The molecule has 1 N–H and O–H groups in total. The molecule has 0 aliphatic rings. The van der Waals surface area contributed by atoms with Crippen LogP contribution in [0.2, 0.25) is 5.02 Å². The molecule has 0 radical (unpaired) electrons. The van der Waals surface area contributed by atoms with Gasteiger partial charge in [-0.05, 0) is 12.3 Å². The SMILES string of the molecule is CCNc1ncc(Cl)c(N(C)CC(C)(C)C)n1. The quantitative estimate of drug-likeness (QED) is 0.899. The summed E-state index contributed by atoms with van der Waals surface area (Å²) >= 11 is 6.13. The lowest BCUT2D eigenvalue weighted by atomic mass is 9.96. The molecule has 5 heteroatoms. The molecule has 0 saturated heterocycles. The topological polar surface area (TPSA) is 41.1 Å². The van der Waals surface area contributed by atoms with Crippen molar-refractivity contribution in [1.82, 2.24) is 9.97 Å². The number of nitrogens with one attached hydrogen (secondary N) is 1. The van der Waals surface area contributed by atoms with Crippen LogP contribution in [0.5, 0.6) is 0 Å². The number of halogens is 1. The van der Waals surface area contributed by atoms with Crippen molar-refractivity contribution in [3.8, 4) is 0 Å². The molecule has 1 aromatic rings. The highest BCUT2D eigenvalue weighted by Crippen LogP contribution is 2.25. The van der Waals surface area contributed by atoms with E-state index in [-0.39, 0.29) is 5.41 Å². The van der Waals surface area contributed by atoms with Crippen molar-refractivity contribution in [2.45, 2.75) is 27.7 Å². The van der Waals surface area contributed by atoms with Crippen LogP contribution in [0.1, 0.15) is 27.7 Å². The Labute approximate surface area is 108 Å². The monoisotopic (exact) mass is 256 g/mol. The summed E-state index contributed by atoms with van der Waals surface area (Å²) in [4.78, 5) is 10.6. The summed E-state index contributed by atoms with van der Waals surface area (Å²) < 4.78 is 0. The molecule has 0 saturated carbocycles. The van der Waals surface area contributed by atoms with Gasteiger partial charge in [0.2, 0.25) is 5.95 Å². The second kappa shape index (κ2) is 5.54. The maximum absolute atomic E-state index is 6.13. The third-order valence-corrected chi connectivity index (χ3v) is 2.40. The van der Waals surface area contributed by atoms with E-state index in [2.05, 4.69) is 41.0 Å². The van der Waals surface area contributed by atoms with Crippen molar-refractivity contribution in [1.29, 1.82) is 0 Å². The summed E-state index contributed by atoms with van der Waals surface area (Å²) in [5.41, 5.74) is 0.196. The van der Waals surface area contributed by atoms with Gasteiger partial charge in [0.25, 0.3) is 0 Å². The van der Waals surface area contributed by atoms with Gasteiger partial charge in [0.1, 0.15) is 5.02 Å². The molecule has 0 atom stereocenters. The molecule has 4 nitrogen and oxygen atoms in total. The Kier molecular flexibility index (Phi) is 4.57. The first-order valence-corrected chi connectivity index (χ1v) is 6.19. The lowest BCUT2D eigenvalue weighted by Crippen LogP contribution is -2.30. The Hall–Kier alpha value is -1.03. The summed E-state index contributed by atoms with van der Waals surface area (Å²) in [6.45, 7) is 10.2. The standard InChI is InChI=1S/C12H21ClN4/c1-6-14-11-15-7-9(13)10(16-11)17(5)8-12(2,3)4/h7H,6,8H2,1-5H3,(H,14,15,16). The van der Waals surface area contributed by atoms with Crippen molar-refractivity contribution < 1.29 is 0 Å². The van der Waals surface area contributed by atoms with E-state index >= 15 is 0 Å². The fourth-order valence-electron chi connectivity index (χ4n) is 1.66. The van der Waals surface area contributed by atoms with E-state index in [1.54, 1.807) is 6.20 Å². The molecule has 0 bridgehead atoms. The fourth-order valence-corrected chi connectivity index (χ4v) is 1.89. The molecule has 0 unspecified atom stereocenters. The highest BCUT2D eigenvalue weighted by Gasteiger charge is 2.17. The molecular weight excluding hydrogens is 236 g/mol. The minimum Gasteiger partial charge on any atom is -0.358 e. The normalized spacial score (nSPS) is 11.4. The van der Waals surface area contributed by atoms with Crippen molar-refractivity contribution in [2.24, 2.45) is 5.41 Å². The van der Waals surface area contributed by atoms with Crippen LogP contribution in [0.15, 0.2) is 6.20 Å². The number of aromatic nitrogens is 2. The van der Waals surface area contributed by atoms with Crippen LogP contribution in [0, 0.1) is 5.41 Å². The number of hydrogen-bond acceptors (Lipinski definition) is 4. The predicted molar refractivity (Wildman–Crippen MR) is 73.9 cm³/mol. The Morgan fingerprint density at radius 3 is 2.59 bits per heavy atom. The van der Waals surface area contributed by atoms with Gasteiger partial charge < -0.3 is 10.2 Å². The van der Waals surface area contributed by atoms with E-state index in [4.69, 9.17) is 11.6 Å². The Morgan fingerprint density at radius 1 is 1.41 bits per heavy atom. The molecular formula is C12H21ClN4. The summed E-state index contributed by atoms with van der Waals surface area (Å²) in [5.74, 6) is 1.39. The van der Waals surface area contributed by atoms with E-state index in [0.29, 0.717) is 11.0 Å². The van der Waals surface area contributed by atoms with Gasteiger partial charge in [-0.15, -0.1) is 0 Å². The van der Waals surface area contributed by atoms with Crippen LogP contribution >= 0.6 is 11.6 Å². The summed E-state index contributed by atoms with van der Waals surface area (Å²) in [5, 5.41) is 3.67. The Balaban J connectivity index is 2.91. The first kappa shape index (κ1) is 14.0. The van der Waals surface area contributed by atoms with Gasteiger partial charge in [0.15, 0.2) is 5.82 Å². The van der Waals surface area contributed by atoms with Crippen LogP contribution in [-0.2, 0) is 0 Å². The molecule has 1 rings (SSSR count). The molecule has 0 aromatic carbocycles. The van der Waals surface area contributed by atoms with Crippen molar-refractivity contribution in [3.05, 3.63) is 11.2 Å². The fraction of sp³-hybridized carbons (Fsp3) is 0.667. The highest BCUT2D eigenvalue weighted by atomic mass is 35.5. The third kappa shape index (κ3) is 4.38. The summed E-state index contributed by atoms with van der Waals surface area (Å²) in [6, 6.07) is 0. The number of anilines is 2. The zero-order chi connectivity index (χ0) is 13.1. The average molecular weight is 257 g/mol. The van der Waals surface area contributed by atoms with Gasteiger partial charge in [-0.3, -0.25) is 0 Å². The maximum atomic E-state index is 6.13. The Morgan fingerprint density at radius 2 is 2.06 bits per heavy atom. The summed E-state index contributed by atoms with van der Waals surface area (Å²) in [7, 11) is 2.00. The summed E-state index contributed by atoms with van der Waals surface area (Å²) in [6.07, 6.45) is 1.64. The maximum Gasteiger partial charge on any atom is 0.224 e. The minimum absolute atomic E-state index is 0.196. The largest absolute Gasteiger partial charge is 0.358 e. The van der Waals surface area contributed by atoms with Crippen molar-refractivity contribution >= 4 is 23.4 Å². The molecule has 0 amide bonds. The lowest BCUT2D eigenvalue weighted by Gasteiger charge is -2.28. The van der Waals surface area contributed by atoms with E-state index in [9.17, 15) is 0 Å². The van der Waals surface area contributed by atoms with Gasteiger partial charge in [0, 0.05) is 20.1 Å². The number of rotatable bonds is 4. The van der Waals surface area contributed by atoms with E-state index < -0.39 is 0 Å². The van der Waals surface area contributed by atoms with Crippen LogP contribution in [0.4, 0.5) is 11.8 Å². The zero-order valence-electron chi connectivity index (χ0n) is 11.2. The van der Waals surface area contributed by atoms with Crippen LogP contribution < -0.4 is 10.2 Å². The minimum atomic E-state index is 0.196. The molecule has 17 heavy (non-hydrogen) atoms. The second-order valence-corrected chi connectivity index (χ2v) is 5.72. The zero-order valence-corrected chi connectivity index (χ0v) is 12.0. The molecule has 0 aliphatic heterocycles. The van der Waals surface area contributed by atoms with Gasteiger partial charge in [-0.25, -0.2) is 4.98 Å². The van der Waals surface area contributed by atoms with Gasteiger partial charge >= 0.3 is 0 Å².